The topological polar surface area (TPSA) is 41.1 Å². The predicted octanol–water partition coefficient (Wildman–Crippen LogP) is 2.46. The highest BCUT2D eigenvalue weighted by Crippen LogP contribution is 2.19. The van der Waals surface area contributed by atoms with Crippen LogP contribution in [0.4, 0.5) is 4.39 Å². The van der Waals surface area contributed by atoms with E-state index in [0.717, 1.165) is 19.4 Å². The van der Waals surface area contributed by atoms with Gasteiger partial charge in [0.05, 0.1) is 5.56 Å². The summed E-state index contributed by atoms with van der Waals surface area (Å²) in [4.78, 5) is 11.9. The second-order valence-electron chi connectivity index (χ2n) is 4.43. The summed E-state index contributed by atoms with van der Waals surface area (Å²) in [6.07, 6.45) is 3.23. The van der Waals surface area contributed by atoms with Crippen molar-refractivity contribution in [3.63, 3.8) is 0 Å². The fraction of sp³-hybridized carbons (Fsp3) is 0.462. The minimum absolute atomic E-state index is 0.0804. The fourth-order valence-corrected chi connectivity index (χ4v) is 2.69. The van der Waals surface area contributed by atoms with Gasteiger partial charge in [-0.2, -0.15) is 0 Å². The normalized spacial score (nSPS) is 18.9. The summed E-state index contributed by atoms with van der Waals surface area (Å²) in [5.74, 6) is -0.862. The van der Waals surface area contributed by atoms with Crippen LogP contribution in [-0.4, -0.2) is 25.0 Å². The van der Waals surface area contributed by atoms with Gasteiger partial charge >= 0.3 is 0 Å². The predicted molar refractivity (Wildman–Crippen MR) is 72.1 cm³/mol. The maximum atomic E-state index is 13.5. The quantitative estimate of drug-likeness (QED) is 0.896. The number of carbonyl (C=O) groups excluding carboxylic acids is 1. The largest absolute Gasteiger partial charge is 0.352 e. The van der Waals surface area contributed by atoms with Gasteiger partial charge in [0.2, 0.25) is 0 Å². The summed E-state index contributed by atoms with van der Waals surface area (Å²) >= 11 is 3.19. The van der Waals surface area contributed by atoms with Crippen molar-refractivity contribution in [1.29, 1.82) is 0 Å². The van der Waals surface area contributed by atoms with E-state index in [1.807, 2.05) is 0 Å². The Morgan fingerprint density at radius 2 is 2.39 bits per heavy atom. The Labute approximate surface area is 114 Å². The zero-order valence-electron chi connectivity index (χ0n) is 10.0. The van der Waals surface area contributed by atoms with E-state index in [9.17, 15) is 9.18 Å². The first-order valence-corrected chi connectivity index (χ1v) is 6.93. The smallest absolute Gasteiger partial charge is 0.255 e. The number of nitrogens with one attached hydrogen (secondary N) is 2. The van der Waals surface area contributed by atoms with Crippen molar-refractivity contribution in [3.05, 3.63) is 34.1 Å². The van der Waals surface area contributed by atoms with E-state index in [4.69, 9.17) is 0 Å². The van der Waals surface area contributed by atoms with Gasteiger partial charge in [-0.15, -0.1) is 0 Å². The van der Waals surface area contributed by atoms with Crippen molar-refractivity contribution in [2.45, 2.75) is 25.3 Å². The minimum atomic E-state index is -0.499. The zero-order chi connectivity index (χ0) is 13.0. The van der Waals surface area contributed by atoms with Crippen LogP contribution in [0.1, 0.15) is 29.6 Å². The molecule has 1 saturated heterocycles. The fourth-order valence-electron chi connectivity index (χ4n) is 2.17. The lowest BCUT2D eigenvalue weighted by Crippen LogP contribution is -2.31. The van der Waals surface area contributed by atoms with Gasteiger partial charge in [0.15, 0.2) is 0 Å². The third kappa shape index (κ3) is 3.29. The van der Waals surface area contributed by atoms with Gasteiger partial charge in [0.25, 0.3) is 5.91 Å². The lowest BCUT2D eigenvalue weighted by atomic mass is 10.1. The number of carbonyl (C=O) groups is 1. The van der Waals surface area contributed by atoms with Crippen molar-refractivity contribution >= 4 is 21.8 Å². The maximum absolute atomic E-state index is 13.5. The molecule has 18 heavy (non-hydrogen) atoms. The van der Waals surface area contributed by atoms with Crippen LogP contribution in [0.2, 0.25) is 0 Å². The van der Waals surface area contributed by atoms with Crippen molar-refractivity contribution < 1.29 is 9.18 Å². The van der Waals surface area contributed by atoms with E-state index in [1.165, 1.54) is 12.5 Å². The maximum Gasteiger partial charge on any atom is 0.255 e. The van der Waals surface area contributed by atoms with Crippen LogP contribution < -0.4 is 10.6 Å². The van der Waals surface area contributed by atoms with Gasteiger partial charge in [0.1, 0.15) is 5.82 Å². The molecule has 1 heterocycles. The van der Waals surface area contributed by atoms with Crippen molar-refractivity contribution in [2.24, 2.45) is 0 Å². The lowest BCUT2D eigenvalue weighted by Gasteiger charge is -2.11. The number of hydrogen-bond donors (Lipinski definition) is 2. The second kappa shape index (κ2) is 6.29. The molecule has 2 rings (SSSR count). The summed E-state index contributed by atoms with van der Waals surface area (Å²) in [7, 11) is 0. The lowest BCUT2D eigenvalue weighted by molar-refractivity contribution is 0.0947. The van der Waals surface area contributed by atoms with E-state index in [2.05, 4.69) is 26.6 Å². The van der Waals surface area contributed by atoms with Crippen LogP contribution in [0, 0.1) is 5.82 Å². The summed E-state index contributed by atoms with van der Waals surface area (Å²) < 4.78 is 14.0. The standard InChI is InChI=1S/C13H16BrFN2O/c14-10-4-1-5-11(15)12(10)13(18)17-8-6-9-3-2-7-16-9/h1,4-5,9,16H,2-3,6-8H2,(H,17,18)/t9-/m0/s1. The number of amides is 1. The van der Waals surface area contributed by atoms with Gasteiger partial charge in [0, 0.05) is 17.1 Å². The number of benzene rings is 1. The van der Waals surface area contributed by atoms with Crippen LogP contribution in [0.5, 0.6) is 0 Å². The summed E-state index contributed by atoms with van der Waals surface area (Å²) in [5.41, 5.74) is 0.0804. The molecule has 0 spiro atoms. The Balaban J connectivity index is 1.87. The Kier molecular flexibility index (Phi) is 4.72. The van der Waals surface area contributed by atoms with Gasteiger partial charge in [-0.05, 0) is 53.9 Å². The highest BCUT2D eigenvalue weighted by Gasteiger charge is 2.17. The molecule has 3 nitrogen and oxygen atoms in total. The highest BCUT2D eigenvalue weighted by molar-refractivity contribution is 9.10. The molecule has 0 aromatic heterocycles. The van der Waals surface area contributed by atoms with Crippen molar-refractivity contribution in [1.82, 2.24) is 10.6 Å². The first-order chi connectivity index (χ1) is 8.68. The molecule has 1 aromatic rings. The molecular weight excluding hydrogens is 299 g/mol. The molecule has 0 unspecified atom stereocenters. The van der Waals surface area contributed by atoms with Crippen LogP contribution in [0.3, 0.4) is 0 Å². The average Bonchev–Trinajstić information content (AvgIpc) is 2.82. The van der Waals surface area contributed by atoms with Crippen LogP contribution >= 0.6 is 15.9 Å². The molecule has 2 N–H and O–H groups in total. The van der Waals surface area contributed by atoms with Gasteiger partial charge < -0.3 is 10.6 Å². The Bertz CT molecular complexity index is 413. The van der Waals surface area contributed by atoms with Crippen molar-refractivity contribution in [3.8, 4) is 0 Å². The van der Waals surface area contributed by atoms with Gasteiger partial charge in [-0.25, -0.2) is 4.39 Å². The summed E-state index contributed by atoms with van der Waals surface area (Å²) in [5, 5.41) is 6.12. The monoisotopic (exact) mass is 314 g/mol. The summed E-state index contributed by atoms with van der Waals surface area (Å²) in [6, 6.07) is 5.00. The van der Waals surface area contributed by atoms with Crippen molar-refractivity contribution in [2.75, 3.05) is 13.1 Å². The number of rotatable bonds is 4. The van der Waals surface area contributed by atoms with E-state index in [1.54, 1.807) is 12.1 Å². The van der Waals surface area contributed by atoms with E-state index in [0.29, 0.717) is 17.1 Å². The Morgan fingerprint density at radius 1 is 1.56 bits per heavy atom. The van der Waals surface area contributed by atoms with Gasteiger partial charge in [-0.1, -0.05) is 6.07 Å². The molecule has 1 aliphatic rings. The Hall–Kier alpha value is -0.940. The molecule has 0 saturated carbocycles. The van der Waals surface area contributed by atoms with Crippen LogP contribution in [0.15, 0.2) is 22.7 Å². The highest BCUT2D eigenvalue weighted by atomic mass is 79.9. The average molecular weight is 315 g/mol. The zero-order valence-corrected chi connectivity index (χ0v) is 11.6. The minimum Gasteiger partial charge on any atom is -0.352 e. The van der Waals surface area contributed by atoms with Gasteiger partial charge in [-0.3, -0.25) is 4.79 Å². The third-order valence-electron chi connectivity index (χ3n) is 3.13. The third-order valence-corrected chi connectivity index (χ3v) is 3.79. The number of hydrogen-bond acceptors (Lipinski definition) is 2. The van der Waals surface area contributed by atoms with E-state index in [-0.39, 0.29) is 11.5 Å². The first-order valence-electron chi connectivity index (χ1n) is 6.14. The van der Waals surface area contributed by atoms with Crippen LogP contribution in [-0.2, 0) is 0 Å². The molecule has 0 radical (unpaired) electrons. The number of halogens is 2. The van der Waals surface area contributed by atoms with E-state index >= 15 is 0 Å². The Morgan fingerprint density at radius 3 is 3.06 bits per heavy atom. The van der Waals surface area contributed by atoms with Crippen LogP contribution in [0.25, 0.3) is 0 Å². The first kappa shape index (κ1) is 13.5. The molecule has 1 amide bonds. The summed E-state index contributed by atoms with van der Waals surface area (Å²) in [6.45, 7) is 1.62. The second-order valence-corrected chi connectivity index (χ2v) is 5.29. The SMILES string of the molecule is O=C(NCC[C@@H]1CCCN1)c1c(F)cccc1Br. The molecule has 5 heteroatoms. The molecule has 1 aromatic carbocycles. The van der Waals surface area contributed by atoms with E-state index < -0.39 is 5.82 Å². The molecule has 0 aliphatic carbocycles. The molecule has 98 valence electrons. The molecule has 1 fully saturated rings. The molecule has 1 atom stereocenters. The molecule has 0 bridgehead atoms. The molecular formula is C13H16BrFN2O. The molecule has 1 aliphatic heterocycles.